The standard InChI is InChI=1S/5C6H14/c5*1-4-5-6(2)3/h5*6H,4-5H2,1-3H3. The maximum atomic E-state index is 2.25. The second kappa shape index (κ2) is 36.4. The maximum Gasteiger partial charge on any atom is -0.0471 e. The second-order valence-electron chi connectivity index (χ2n) is 10.9. The number of hydrogen-bond acceptors (Lipinski definition) is 0. The molecule has 0 bridgehead atoms. The molecule has 30 heavy (non-hydrogen) atoms. The molecule has 0 N–H and O–H groups in total. The molecule has 0 nitrogen and oxygen atoms in total. The van der Waals surface area contributed by atoms with Gasteiger partial charge in [0.15, 0.2) is 0 Å². The lowest BCUT2D eigenvalue weighted by atomic mass is 10.1. The predicted molar refractivity (Wildman–Crippen MR) is 149 cm³/mol. The van der Waals surface area contributed by atoms with E-state index in [2.05, 4.69) is 104 Å². The van der Waals surface area contributed by atoms with Crippen LogP contribution in [0.15, 0.2) is 0 Å². The Labute approximate surface area is 197 Å². The molecule has 0 aliphatic carbocycles. The van der Waals surface area contributed by atoms with Crippen LogP contribution in [0.4, 0.5) is 0 Å². The van der Waals surface area contributed by atoms with E-state index in [9.17, 15) is 0 Å². The molecule has 0 aromatic rings. The average molecular weight is 431 g/mol. The van der Waals surface area contributed by atoms with Crippen LogP contribution in [0.25, 0.3) is 0 Å². The van der Waals surface area contributed by atoms with Crippen molar-refractivity contribution >= 4 is 0 Å². The molecule has 0 aliphatic heterocycles. The van der Waals surface area contributed by atoms with Crippen LogP contribution in [-0.4, -0.2) is 0 Å². The van der Waals surface area contributed by atoms with Crippen molar-refractivity contribution in [1.82, 2.24) is 0 Å². The second-order valence-corrected chi connectivity index (χ2v) is 10.9. The molecule has 0 aliphatic rings. The first-order valence-electron chi connectivity index (χ1n) is 13.9. The molecule has 0 spiro atoms. The number of hydrogen-bond donors (Lipinski definition) is 0. The van der Waals surface area contributed by atoms with Crippen LogP contribution in [0.1, 0.15) is 168 Å². The van der Waals surface area contributed by atoms with E-state index in [-0.39, 0.29) is 0 Å². The molecule has 0 atom stereocenters. The van der Waals surface area contributed by atoms with Crippen molar-refractivity contribution < 1.29 is 0 Å². The van der Waals surface area contributed by atoms with E-state index in [0.717, 1.165) is 29.6 Å². The molecular weight excluding hydrogens is 360 g/mol. The van der Waals surface area contributed by atoms with Crippen LogP contribution in [0, 0.1) is 29.6 Å². The third-order valence-electron chi connectivity index (χ3n) is 4.33. The molecule has 0 saturated heterocycles. The highest BCUT2D eigenvalue weighted by Crippen LogP contribution is 2.02. The monoisotopic (exact) mass is 431 g/mol. The van der Waals surface area contributed by atoms with E-state index in [1.54, 1.807) is 0 Å². The summed E-state index contributed by atoms with van der Waals surface area (Å²) in [6, 6.07) is 0. The molecule has 0 radical (unpaired) electrons. The molecule has 0 rings (SSSR count). The first-order chi connectivity index (χ1) is 13.9. The van der Waals surface area contributed by atoms with E-state index in [1.165, 1.54) is 64.2 Å². The van der Waals surface area contributed by atoms with Crippen LogP contribution >= 0.6 is 0 Å². The van der Waals surface area contributed by atoms with E-state index in [0.29, 0.717) is 0 Å². The Bertz CT molecular complexity index is 164. The lowest BCUT2D eigenvalue weighted by Crippen LogP contribution is -1.81. The molecule has 0 heteroatoms. The van der Waals surface area contributed by atoms with Gasteiger partial charge in [-0.3, -0.25) is 0 Å². The molecule has 0 heterocycles. The first-order valence-corrected chi connectivity index (χ1v) is 13.9. The molecule has 0 aromatic carbocycles. The third kappa shape index (κ3) is 90.7. The van der Waals surface area contributed by atoms with Gasteiger partial charge in [-0.15, -0.1) is 0 Å². The van der Waals surface area contributed by atoms with Crippen molar-refractivity contribution in [2.45, 2.75) is 168 Å². The van der Waals surface area contributed by atoms with Gasteiger partial charge in [0.05, 0.1) is 0 Å². The van der Waals surface area contributed by atoms with Crippen molar-refractivity contribution in [1.29, 1.82) is 0 Å². The zero-order valence-electron chi connectivity index (χ0n) is 25.0. The van der Waals surface area contributed by atoms with Crippen LogP contribution in [-0.2, 0) is 0 Å². The summed E-state index contributed by atoms with van der Waals surface area (Å²) in [4.78, 5) is 0. The van der Waals surface area contributed by atoms with Gasteiger partial charge >= 0.3 is 0 Å². The van der Waals surface area contributed by atoms with Crippen LogP contribution in [0.5, 0.6) is 0 Å². The number of rotatable bonds is 10. The van der Waals surface area contributed by atoms with Gasteiger partial charge in [-0.2, -0.15) is 0 Å². The van der Waals surface area contributed by atoms with Crippen molar-refractivity contribution in [3.8, 4) is 0 Å². The maximum absolute atomic E-state index is 2.25. The average Bonchev–Trinajstić information content (AvgIpc) is 2.56. The topological polar surface area (TPSA) is 0 Å². The summed E-state index contributed by atoms with van der Waals surface area (Å²) in [5, 5.41) is 0. The fourth-order valence-electron chi connectivity index (χ4n) is 2.89. The fraction of sp³-hybridized carbons (Fsp3) is 1.00. The van der Waals surface area contributed by atoms with Gasteiger partial charge in [-0.25, -0.2) is 0 Å². The highest BCUT2D eigenvalue weighted by Gasteiger charge is 1.87. The van der Waals surface area contributed by atoms with Gasteiger partial charge in [-0.05, 0) is 29.6 Å². The van der Waals surface area contributed by atoms with Gasteiger partial charge in [0, 0.05) is 0 Å². The molecule has 190 valence electrons. The Morgan fingerprint density at radius 3 is 0.367 bits per heavy atom. The first kappa shape index (κ1) is 40.4. The molecule has 0 saturated carbocycles. The van der Waals surface area contributed by atoms with Gasteiger partial charge in [-0.1, -0.05) is 168 Å². The van der Waals surface area contributed by atoms with Crippen molar-refractivity contribution in [2.24, 2.45) is 29.6 Å². The van der Waals surface area contributed by atoms with Gasteiger partial charge < -0.3 is 0 Å². The van der Waals surface area contributed by atoms with Crippen molar-refractivity contribution in [2.75, 3.05) is 0 Å². The Morgan fingerprint density at radius 1 is 0.267 bits per heavy atom. The summed E-state index contributed by atoms with van der Waals surface area (Å²) in [7, 11) is 0. The highest BCUT2D eigenvalue weighted by atomic mass is 13.9. The summed E-state index contributed by atoms with van der Waals surface area (Å²) >= 11 is 0. The summed E-state index contributed by atoms with van der Waals surface area (Å²) in [5.74, 6) is 4.49. The lowest BCUT2D eigenvalue weighted by Gasteiger charge is -1.95. The van der Waals surface area contributed by atoms with E-state index in [4.69, 9.17) is 0 Å². The summed E-state index contributed by atoms with van der Waals surface area (Å²) in [6.07, 6.45) is 13.5. The Morgan fingerprint density at radius 2 is 0.367 bits per heavy atom. The quantitative estimate of drug-likeness (QED) is 0.323. The Hall–Kier alpha value is 0. The zero-order chi connectivity index (χ0) is 25.0. The van der Waals surface area contributed by atoms with Gasteiger partial charge in [0.1, 0.15) is 0 Å². The van der Waals surface area contributed by atoms with E-state index in [1.807, 2.05) is 0 Å². The molecule has 0 aromatic heterocycles. The molecular formula is C30H70. The Kier molecular flexibility index (Phi) is 48.9. The summed E-state index contributed by atoms with van der Waals surface area (Å²) in [6.45, 7) is 33.6. The minimum Gasteiger partial charge on any atom is -0.0654 e. The van der Waals surface area contributed by atoms with Crippen LogP contribution < -0.4 is 0 Å². The van der Waals surface area contributed by atoms with Crippen molar-refractivity contribution in [3.05, 3.63) is 0 Å². The molecule has 0 unspecified atom stereocenters. The van der Waals surface area contributed by atoms with E-state index >= 15 is 0 Å². The summed E-state index contributed by atoms with van der Waals surface area (Å²) < 4.78 is 0. The Balaban J connectivity index is -0.0000000868. The normalized spacial score (nSPS) is 10.0. The molecule has 0 amide bonds. The SMILES string of the molecule is CCCC(C)C.CCCC(C)C.CCCC(C)C.CCCC(C)C.CCCC(C)C. The molecule has 0 fully saturated rings. The highest BCUT2D eigenvalue weighted by molar-refractivity contribution is 4.40. The third-order valence-corrected chi connectivity index (χ3v) is 4.33. The smallest absolute Gasteiger partial charge is 0.0471 e. The van der Waals surface area contributed by atoms with Crippen LogP contribution in [0.3, 0.4) is 0 Å². The predicted octanol–water partition coefficient (Wildman–Crippen LogP) is 12.2. The van der Waals surface area contributed by atoms with Crippen molar-refractivity contribution in [3.63, 3.8) is 0 Å². The summed E-state index contributed by atoms with van der Waals surface area (Å²) in [5.41, 5.74) is 0. The fourth-order valence-corrected chi connectivity index (χ4v) is 2.89. The van der Waals surface area contributed by atoms with Crippen LogP contribution in [0.2, 0.25) is 0 Å². The zero-order valence-corrected chi connectivity index (χ0v) is 25.0. The van der Waals surface area contributed by atoms with E-state index < -0.39 is 0 Å². The van der Waals surface area contributed by atoms with Gasteiger partial charge in [0.25, 0.3) is 0 Å². The lowest BCUT2D eigenvalue weighted by molar-refractivity contribution is 0.576. The minimum absolute atomic E-state index is 0.898. The van der Waals surface area contributed by atoms with Gasteiger partial charge in [0.2, 0.25) is 0 Å². The largest absolute Gasteiger partial charge is 0.0654 e. The minimum atomic E-state index is 0.898.